The molecule has 0 heterocycles. The molecule has 0 spiro atoms. The van der Waals surface area contributed by atoms with Crippen LogP contribution in [-0.4, -0.2) is 43.4 Å². The van der Waals surface area contributed by atoms with Gasteiger partial charge in [0.05, 0.1) is 17.2 Å². The van der Waals surface area contributed by atoms with Crippen molar-refractivity contribution in [2.45, 2.75) is 6.42 Å². The zero-order valence-electron chi connectivity index (χ0n) is 12.3. The number of hydrogen-bond acceptors (Lipinski definition) is 6. The summed E-state index contributed by atoms with van der Waals surface area (Å²) in [5.41, 5.74) is 0. The monoisotopic (exact) mass is 349 g/mol. The minimum atomic E-state index is -3.80. The molecule has 8 nitrogen and oxygen atoms in total. The van der Waals surface area contributed by atoms with Crippen LogP contribution in [0.1, 0.15) is 6.42 Å². The minimum absolute atomic E-state index is 0.169. The third kappa shape index (κ3) is 10.1. The van der Waals surface area contributed by atoms with Gasteiger partial charge in [-0.05, 0) is 24.6 Å². The van der Waals surface area contributed by atoms with Gasteiger partial charge in [-0.1, -0.05) is 0 Å². The van der Waals surface area contributed by atoms with E-state index in [2.05, 4.69) is 9.44 Å². The number of rotatable bonds is 10. The first-order valence-corrected chi connectivity index (χ1v) is 9.49. The Balaban J connectivity index is 5.03. The predicted molar refractivity (Wildman–Crippen MR) is 83.4 cm³/mol. The Bertz CT molecular complexity index is 670. The smallest absolute Gasteiger partial charge is 0.240 e. The first-order chi connectivity index (χ1) is 10.2. The molecule has 0 radical (unpaired) electrons. The number of hydrogen-bond donors (Lipinski definition) is 2. The van der Waals surface area contributed by atoms with Gasteiger partial charge in [0.15, 0.2) is 0 Å². The standard InChI is InChI=1S/C12H19N3O5S2/c1-20-11-5-10-15-22(18,19)12(6-3-8-13)7-4-9-14-21(2,16)17/h3-4,6-7,9,14-15H,5,10-11H2,1-2H3/b6-3+,9-4+,12-7+. The summed E-state index contributed by atoms with van der Waals surface area (Å²) >= 11 is 0. The van der Waals surface area contributed by atoms with Gasteiger partial charge in [-0.15, -0.1) is 0 Å². The minimum Gasteiger partial charge on any atom is -0.385 e. The second-order valence-corrected chi connectivity index (χ2v) is 7.57. The van der Waals surface area contributed by atoms with Gasteiger partial charge in [0, 0.05) is 32.5 Å². The maximum absolute atomic E-state index is 12.0. The number of nitriles is 1. The molecule has 0 unspecified atom stereocenters. The molecule has 0 atom stereocenters. The highest BCUT2D eigenvalue weighted by atomic mass is 32.2. The van der Waals surface area contributed by atoms with E-state index < -0.39 is 20.0 Å². The number of ether oxygens (including phenoxy) is 1. The van der Waals surface area contributed by atoms with Crippen molar-refractivity contribution >= 4 is 20.0 Å². The Morgan fingerprint density at radius 1 is 1.32 bits per heavy atom. The summed E-state index contributed by atoms with van der Waals surface area (Å²) in [6.45, 7) is 0.590. The lowest BCUT2D eigenvalue weighted by atomic mass is 10.4. The lowest BCUT2D eigenvalue weighted by molar-refractivity contribution is 0.196. The van der Waals surface area contributed by atoms with E-state index in [9.17, 15) is 16.8 Å². The highest BCUT2D eigenvalue weighted by molar-refractivity contribution is 7.93. The average molecular weight is 349 g/mol. The van der Waals surface area contributed by atoms with Gasteiger partial charge in [-0.3, -0.25) is 4.72 Å². The van der Waals surface area contributed by atoms with E-state index in [1.54, 1.807) is 6.07 Å². The topological polar surface area (TPSA) is 125 Å². The van der Waals surface area contributed by atoms with E-state index in [4.69, 9.17) is 10.00 Å². The maximum atomic E-state index is 12.0. The summed E-state index contributed by atoms with van der Waals surface area (Å²) < 4.78 is 55.0. The largest absolute Gasteiger partial charge is 0.385 e. The van der Waals surface area contributed by atoms with Crippen molar-refractivity contribution in [2.75, 3.05) is 26.5 Å². The second-order valence-electron chi connectivity index (χ2n) is 4.02. The predicted octanol–water partition coefficient (Wildman–Crippen LogP) is -0.0311. The molecule has 0 amide bonds. The molecule has 0 aliphatic carbocycles. The van der Waals surface area contributed by atoms with Gasteiger partial charge >= 0.3 is 0 Å². The first-order valence-electron chi connectivity index (χ1n) is 6.12. The summed E-state index contributed by atoms with van der Waals surface area (Å²) in [6.07, 6.45) is 7.05. The van der Waals surface area contributed by atoms with Crippen LogP contribution < -0.4 is 9.44 Å². The summed E-state index contributed by atoms with van der Waals surface area (Å²) in [5, 5.41) is 8.50. The highest BCUT2D eigenvalue weighted by Crippen LogP contribution is 2.07. The molecule has 0 rings (SSSR count). The van der Waals surface area contributed by atoms with Gasteiger partial charge < -0.3 is 4.74 Å². The Hall–Kier alpha value is -1.67. The first kappa shape index (κ1) is 20.3. The lowest BCUT2D eigenvalue weighted by Crippen LogP contribution is -2.26. The molecule has 0 fully saturated rings. The molecule has 0 saturated carbocycles. The third-order valence-electron chi connectivity index (χ3n) is 2.09. The summed E-state index contributed by atoms with van der Waals surface area (Å²) in [5.74, 6) is 0. The van der Waals surface area contributed by atoms with Crippen molar-refractivity contribution in [3.63, 3.8) is 0 Å². The van der Waals surface area contributed by atoms with Crippen LogP contribution in [0, 0.1) is 11.3 Å². The van der Waals surface area contributed by atoms with E-state index in [1.165, 1.54) is 19.3 Å². The van der Waals surface area contributed by atoms with Crippen molar-refractivity contribution in [3.8, 4) is 6.07 Å². The number of sulfonamides is 2. The fraction of sp³-hybridized carbons (Fsp3) is 0.417. The fourth-order valence-electron chi connectivity index (χ4n) is 1.17. The van der Waals surface area contributed by atoms with Gasteiger partial charge in [0.2, 0.25) is 20.0 Å². The van der Waals surface area contributed by atoms with Crippen LogP contribution in [0.15, 0.2) is 35.4 Å². The quantitative estimate of drug-likeness (QED) is 0.324. The summed E-state index contributed by atoms with van der Waals surface area (Å²) in [4.78, 5) is -0.169. The van der Waals surface area contributed by atoms with E-state index in [-0.39, 0.29) is 11.4 Å². The molecular weight excluding hydrogens is 330 g/mol. The summed E-state index contributed by atoms with van der Waals surface area (Å²) in [7, 11) is -5.70. The van der Waals surface area contributed by atoms with Crippen LogP contribution in [0.5, 0.6) is 0 Å². The summed E-state index contributed by atoms with van der Waals surface area (Å²) in [6, 6.07) is 1.69. The third-order valence-corrected chi connectivity index (χ3v) is 4.13. The van der Waals surface area contributed by atoms with Gasteiger partial charge in [-0.25, -0.2) is 21.6 Å². The molecule has 0 aromatic carbocycles. The van der Waals surface area contributed by atoms with E-state index in [0.29, 0.717) is 13.0 Å². The Morgan fingerprint density at radius 3 is 2.55 bits per heavy atom. The normalized spacial score (nSPS) is 13.6. The molecule has 2 N–H and O–H groups in total. The van der Waals surface area contributed by atoms with Crippen molar-refractivity contribution in [3.05, 3.63) is 35.4 Å². The van der Waals surface area contributed by atoms with E-state index in [0.717, 1.165) is 24.6 Å². The molecule has 0 aromatic heterocycles. The molecule has 124 valence electrons. The molecule has 0 saturated heterocycles. The molecule has 0 aliphatic heterocycles. The fourth-order valence-corrected chi connectivity index (χ4v) is 2.58. The zero-order chi connectivity index (χ0) is 17.1. The highest BCUT2D eigenvalue weighted by Gasteiger charge is 2.13. The zero-order valence-corrected chi connectivity index (χ0v) is 13.9. The van der Waals surface area contributed by atoms with Crippen molar-refractivity contribution in [2.24, 2.45) is 0 Å². The lowest BCUT2D eigenvalue weighted by Gasteiger charge is -2.06. The molecule has 10 heteroatoms. The number of nitrogens with one attached hydrogen (secondary N) is 2. The number of methoxy groups -OCH3 is 1. The second kappa shape index (κ2) is 10.1. The van der Waals surface area contributed by atoms with Crippen LogP contribution in [0.25, 0.3) is 0 Å². The Morgan fingerprint density at radius 2 is 2.00 bits per heavy atom. The van der Waals surface area contributed by atoms with Crippen molar-refractivity contribution in [1.82, 2.24) is 9.44 Å². The number of nitrogens with zero attached hydrogens (tertiary/aromatic N) is 1. The van der Waals surface area contributed by atoms with Crippen LogP contribution in [-0.2, 0) is 24.8 Å². The van der Waals surface area contributed by atoms with Gasteiger partial charge in [0.1, 0.15) is 0 Å². The van der Waals surface area contributed by atoms with Crippen molar-refractivity contribution in [1.29, 1.82) is 5.26 Å². The van der Waals surface area contributed by atoms with Gasteiger partial charge in [0.25, 0.3) is 0 Å². The van der Waals surface area contributed by atoms with E-state index in [1.807, 2.05) is 0 Å². The Kier molecular flexibility index (Phi) is 9.35. The van der Waals surface area contributed by atoms with Crippen LogP contribution in [0.2, 0.25) is 0 Å². The molecule has 22 heavy (non-hydrogen) atoms. The van der Waals surface area contributed by atoms with Crippen LogP contribution in [0.3, 0.4) is 0 Å². The molecular formula is C12H19N3O5S2. The molecule has 0 aliphatic rings. The average Bonchev–Trinajstić information content (AvgIpc) is 2.41. The Labute approximate surface area is 131 Å². The van der Waals surface area contributed by atoms with E-state index >= 15 is 0 Å². The molecule has 0 bridgehead atoms. The van der Waals surface area contributed by atoms with Crippen LogP contribution >= 0.6 is 0 Å². The van der Waals surface area contributed by atoms with Crippen molar-refractivity contribution < 1.29 is 21.6 Å². The number of allylic oxidation sites excluding steroid dienone is 4. The van der Waals surface area contributed by atoms with Crippen LogP contribution in [0.4, 0.5) is 0 Å². The van der Waals surface area contributed by atoms with Gasteiger partial charge in [-0.2, -0.15) is 5.26 Å². The maximum Gasteiger partial charge on any atom is 0.240 e. The molecule has 0 aromatic rings. The SMILES string of the molecule is COCCCNS(=O)(=O)C(/C=C/C#N)=C/C=C/NS(C)(=O)=O.